The molecular formula is C14H25N3O4Si. The standard InChI is InChI=1S/C14H25N3O4Si/c1-22(2)14(8-3-4-11-20-14)16-9-5-10-17-21-13(19)7-6-12(15)18/h6-7,10,16,22H,3-5,8-9,11H2,1-2H3,(H2,15,18)/b7-6-,17-10?. The molecule has 22 heavy (non-hydrogen) atoms. The van der Waals surface area contributed by atoms with Crippen LogP contribution in [0.25, 0.3) is 0 Å². The number of carbonyl (C=O) groups excluding carboxylic acids is 2. The molecule has 1 amide bonds. The lowest BCUT2D eigenvalue weighted by Gasteiger charge is -2.41. The third-order valence-corrected chi connectivity index (χ3v) is 6.06. The summed E-state index contributed by atoms with van der Waals surface area (Å²) in [5.74, 6) is -1.44. The number of nitrogens with zero attached hydrogens (tertiary/aromatic N) is 1. The van der Waals surface area contributed by atoms with Gasteiger partial charge in [-0.3, -0.25) is 10.1 Å². The topological polar surface area (TPSA) is 103 Å². The number of nitrogens with two attached hydrogens (primary N) is 1. The maximum Gasteiger partial charge on any atom is 0.358 e. The highest BCUT2D eigenvalue weighted by molar-refractivity contribution is 6.59. The van der Waals surface area contributed by atoms with Gasteiger partial charge in [-0.2, -0.15) is 0 Å². The molecule has 0 spiro atoms. The van der Waals surface area contributed by atoms with Gasteiger partial charge in [-0.15, -0.1) is 0 Å². The molecule has 7 nitrogen and oxygen atoms in total. The van der Waals surface area contributed by atoms with E-state index in [-0.39, 0.29) is 5.35 Å². The molecule has 0 radical (unpaired) electrons. The minimum absolute atomic E-state index is 0.132. The van der Waals surface area contributed by atoms with Gasteiger partial charge in [-0.05, 0) is 25.7 Å². The third-order valence-electron chi connectivity index (χ3n) is 3.53. The molecule has 1 fully saturated rings. The molecule has 0 aliphatic carbocycles. The van der Waals surface area contributed by atoms with Crippen molar-refractivity contribution in [2.75, 3.05) is 13.2 Å². The van der Waals surface area contributed by atoms with E-state index in [2.05, 4.69) is 28.4 Å². The first-order chi connectivity index (χ1) is 10.5. The van der Waals surface area contributed by atoms with Crippen molar-refractivity contribution in [1.29, 1.82) is 0 Å². The van der Waals surface area contributed by atoms with E-state index in [9.17, 15) is 9.59 Å². The summed E-state index contributed by atoms with van der Waals surface area (Å²) in [6.45, 7) is 6.08. The van der Waals surface area contributed by atoms with Gasteiger partial charge in [-0.1, -0.05) is 18.2 Å². The Morgan fingerprint density at radius 3 is 2.77 bits per heavy atom. The first-order valence-corrected chi connectivity index (χ1v) is 10.4. The van der Waals surface area contributed by atoms with Crippen LogP contribution in [-0.2, 0) is 19.2 Å². The van der Waals surface area contributed by atoms with Crippen LogP contribution < -0.4 is 11.1 Å². The van der Waals surface area contributed by atoms with Crippen molar-refractivity contribution in [3.8, 4) is 0 Å². The van der Waals surface area contributed by atoms with E-state index >= 15 is 0 Å². The Labute approximate surface area is 132 Å². The number of rotatable bonds is 8. The van der Waals surface area contributed by atoms with Crippen LogP contribution in [0.4, 0.5) is 0 Å². The number of carbonyl (C=O) groups is 2. The predicted octanol–water partition coefficient (Wildman–Crippen LogP) is 0.459. The highest BCUT2D eigenvalue weighted by atomic mass is 28.3. The minimum atomic E-state index is -0.998. The van der Waals surface area contributed by atoms with Crippen LogP contribution >= 0.6 is 0 Å². The maximum atomic E-state index is 11.1. The number of hydrogen-bond donors (Lipinski definition) is 2. The lowest BCUT2D eigenvalue weighted by Crippen LogP contribution is -2.58. The molecule has 1 saturated heterocycles. The SMILES string of the molecule is C[SiH](C)C1(NCCC=NOC(=O)/C=C\C(N)=O)CCCCO1. The highest BCUT2D eigenvalue weighted by Gasteiger charge is 2.36. The van der Waals surface area contributed by atoms with Crippen LogP contribution in [0.2, 0.25) is 13.1 Å². The Morgan fingerprint density at radius 2 is 2.18 bits per heavy atom. The molecule has 0 aromatic heterocycles. The zero-order chi connectivity index (χ0) is 16.4. The van der Waals surface area contributed by atoms with E-state index in [1.807, 2.05) is 0 Å². The summed E-state index contributed by atoms with van der Waals surface area (Å²) in [6.07, 6.45) is 7.38. The van der Waals surface area contributed by atoms with Crippen molar-refractivity contribution in [3.63, 3.8) is 0 Å². The summed E-state index contributed by atoms with van der Waals surface area (Å²) in [4.78, 5) is 26.1. The fourth-order valence-electron chi connectivity index (χ4n) is 2.29. The van der Waals surface area contributed by atoms with Crippen LogP contribution in [0, 0.1) is 0 Å². The Hall–Kier alpha value is -1.51. The van der Waals surface area contributed by atoms with Gasteiger partial charge < -0.3 is 15.3 Å². The van der Waals surface area contributed by atoms with Gasteiger partial charge in [0, 0.05) is 31.5 Å². The molecule has 3 N–H and O–H groups in total. The molecule has 8 heteroatoms. The van der Waals surface area contributed by atoms with E-state index in [4.69, 9.17) is 10.5 Å². The lowest BCUT2D eigenvalue weighted by atomic mass is 10.2. The lowest BCUT2D eigenvalue weighted by molar-refractivity contribution is -0.137. The van der Waals surface area contributed by atoms with E-state index in [0.717, 1.165) is 31.6 Å². The van der Waals surface area contributed by atoms with Gasteiger partial charge in [0.05, 0.1) is 8.80 Å². The Bertz CT molecular complexity index is 432. The summed E-state index contributed by atoms with van der Waals surface area (Å²) in [5, 5.41) is 6.92. The van der Waals surface area contributed by atoms with Crippen molar-refractivity contribution >= 4 is 26.9 Å². The number of hydrogen-bond acceptors (Lipinski definition) is 6. The molecule has 1 unspecified atom stereocenters. The second-order valence-corrected chi connectivity index (χ2v) is 8.74. The molecule has 124 valence electrons. The second kappa shape index (κ2) is 9.49. The van der Waals surface area contributed by atoms with Crippen LogP contribution in [0.15, 0.2) is 17.3 Å². The van der Waals surface area contributed by atoms with Crippen molar-refractivity contribution in [1.82, 2.24) is 5.32 Å². The smallest absolute Gasteiger partial charge is 0.358 e. The number of primary amides is 1. The van der Waals surface area contributed by atoms with Gasteiger partial charge in [0.2, 0.25) is 5.91 Å². The third kappa shape index (κ3) is 6.50. The molecule has 1 atom stereocenters. The molecule has 0 aromatic carbocycles. The quantitative estimate of drug-likeness (QED) is 0.168. The Balaban J connectivity index is 2.27. The van der Waals surface area contributed by atoms with Crippen molar-refractivity contribution < 1.29 is 19.2 Å². The number of oxime groups is 1. The first kappa shape index (κ1) is 18.5. The summed E-state index contributed by atoms with van der Waals surface area (Å²) in [7, 11) is -0.998. The summed E-state index contributed by atoms with van der Waals surface area (Å²) in [5.41, 5.74) is 4.85. The van der Waals surface area contributed by atoms with Crippen LogP contribution in [0.5, 0.6) is 0 Å². The molecule has 1 aliphatic heterocycles. The number of amides is 1. The zero-order valence-corrected chi connectivity index (χ0v) is 14.4. The summed E-state index contributed by atoms with van der Waals surface area (Å²) < 4.78 is 5.99. The van der Waals surface area contributed by atoms with E-state index in [0.29, 0.717) is 13.0 Å². The Morgan fingerprint density at radius 1 is 1.41 bits per heavy atom. The molecule has 1 aliphatic rings. The fraction of sp³-hybridized carbons (Fsp3) is 0.643. The molecule has 0 aromatic rings. The summed E-state index contributed by atoms with van der Waals surface area (Å²) >= 11 is 0. The molecule has 1 rings (SSSR count). The molecule has 0 bridgehead atoms. The fourth-order valence-corrected chi connectivity index (χ4v) is 4.07. The average Bonchev–Trinajstić information content (AvgIpc) is 2.49. The largest absolute Gasteiger partial charge is 0.366 e. The van der Waals surface area contributed by atoms with Crippen molar-refractivity contribution in [2.24, 2.45) is 10.9 Å². The molecular weight excluding hydrogens is 302 g/mol. The monoisotopic (exact) mass is 327 g/mol. The Kier molecular flexibility index (Phi) is 8.00. The van der Waals surface area contributed by atoms with E-state index < -0.39 is 20.7 Å². The van der Waals surface area contributed by atoms with E-state index in [1.54, 1.807) is 0 Å². The van der Waals surface area contributed by atoms with E-state index in [1.165, 1.54) is 12.6 Å². The van der Waals surface area contributed by atoms with Gasteiger partial charge in [0.25, 0.3) is 0 Å². The predicted molar refractivity (Wildman–Crippen MR) is 86.9 cm³/mol. The van der Waals surface area contributed by atoms with Gasteiger partial charge in [-0.25, -0.2) is 4.79 Å². The van der Waals surface area contributed by atoms with Crippen molar-refractivity contribution in [2.45, 2.75) is 44.1 Å². The van der Waals surface area contributed by atoms with Gasteiger partial charge in [0.1, 0.15) is 5.35 Å². The zero-order valence-electron chi connectivity index (χ0n) is 13.2. The second-order valence-electron chi connectivity index (χ2n) is 5.50. The highest BCUT2D eigenvalue weighted by Crippen LogP contribution is 2.25. The van der Waals surface area contributed by atoms with Crippen LogP contribution in [0.1, 0.15) is 25.7 Å². The number of nitrogens with one attached hydrogen (secondary N) is 1. The summed E-state index contributed by atoms with van der Waals surface area (Å²) in [6, 6.07) is 0. The number of ether oxygens (including phenoxy) is 1. The maximum absolute atomic E-state index is 11.1. The van der Waals surface area contributed by atoms with Crippen molar-refractivity contribution in [3.05, 3.63) is 12.2 Å². The molecule has 0 saturated carbocycles. The van der Waals surface area contributed by atoms with Gasteiger partial charge >= 0.3 is 5.97 Å². The molecule has 1 heterocycles. The normalized spacial score (nSPS) is 22.5. The van der Waals surface area contributed by atoms with Gasteiger partial charge in [0.15, 0.2) is 0 Å². The average molecular weight is 327 g/mol. The minimum Gasteiger partial charge on any atom is -0.366 e. The first-order valence-electron chi connectivity index (χ1n) is 7.55. The van der Waals surface area contributed by atoms with Crippen LogP contribution in [0.3, 0.4) is 0 Å². The van der Waals surface area contributed by atoms with Crippen LogP contribution in [-0.4, -0.2) is 45.4 Å².